The number of nitrogens with zero attached hydrogens (tertiary/aromatic N) is 3. The number of piperazine rings is 1. The molecule has 1 aliphatic carbocycles. The first-order chi connectivity index (χ1) is 14.7. The summed E-state index contributed by atoms with van der Waals surface area (Å²) in [5, 5.41) is 3.34. The molecule has 2 aliphatic rings. The molecule has 1 aliphatic heterocycles. The van der Waals surface area contributed by atoms with Gasteiger partial charge in [-0.1, -0.05) is 18.9 Å². The molecule has 30 heavy (non-hydrogen) atoms. The van der Waals surface area contributed by atoms with E-state index in [2.05, 4.69) is 9.72 Å². The van der Waals surface area contributed by atoms with Gasteiger partial charge in [-0.25, -0.2) is 9.37 Å². The summed E-state index contributed by atoms with van der Waals surface area (Å²) in [6.07, 6.45) is 6.68. The Kier molecular flexibility index (Phi) is 5.03. The molecular weight excluding hydrogens is 379 g/mol. The van der Waals surface area contributed by atoms with E-state index in [4.69, 9.17) is 4.98 Å². The number of aromatic nitrogens is 2. The molecule has 0 atom stereocenters. The van der Waals surface area contributed by atoms with Crippen LogP contribution < -0.4 is 5.32 Å². The summed E-state index contributed by atoms with van der Waals surface area (Å²) in [4.78, 5) is 20.6. The highest BCUT2D eigenvalue weighted by Gasteiger charge is 2.44. The first-order valence-corrected chi connectivity index (χ1v) is 10.9. The highest BCUT2D eigenvalue weighted by molar-refractivity contribution is 5.84. The quantitative estimate of drug-likeness (QED) is 0.719. The molecule has 1 amide bonds. The predicted octanol–water partition coefficient (Wildman–Crippen LogP) is 3.68. The molecule has 2 aromatic heterocycles. The molecule has 3 aromatic rings. The van der Waals surface area contributed by atoms with E-state index in [-0.39, 0.29) is 17.1 Å². The number of halogens is 1. The topological polar surface area (TPSA) is 49.6 Å². The summed E-state index contributed by atoms with van der Waals surface area (Å²) >= 11 is 0. The molecule has 5 nitrogen and oxygen atoms in total. The van der Waals surface area contributed by atoms with E-state index >= 15 is 0 Å². The summed E-state index contributed by atoms with van der Waals surface area (Å²) in [6, 6.07) is 12.4. The van der Waals surface area contributed by atoms with E-state index in [1.165, 1.54) is 12.1 Å². The fraction of sp³-hybridized carbons (Fsp3) is 0.417. The van der Waals surface area contributed by atoms with Gasteiger partial charge in [0.25, 0.3) is 0 Å². The number of pyridine rings is 1. The highest BCUT2D eigenvalue weighted by Crippen LogP contribution is 2.44. The van der Waals surface area contributed by atoms with Gasteiger partial charge in [0, 0.05) is 44.4 Å². The van der Waals surface area contributed by atoms with E-state index in [9.17, 15) is 9.18 Å². The van der Waals surface area contributed by atoms with Crippen LogP contribution in [0.1, 0.15) is 31.4 Å². The second kappa shape index (κ2) is 7.84. The summed E-state index contributed by atoms with van der Waals surface area (Å²) in [5.74, 6) is 0.0302. The number of carbonyl (C=O) groups is 1. The van der Waals surface area contributed by atoms with Crippen molar-refractivity contribution in [1.29, 1.82) is 0 Å². The Morgan fingerprint density at radius 3 is 2.53 bits per heavy atom. The van der Waals surface area contributed by atoms with Crippen molar-refractivity contribution < 1.29 is 9.18 Å². The number of imidazole rings is 1. The van der Waals surface area contributed by atoms with Gasteiger partial charge in [-0.3, -0.25) is 4.79 Å². The minimum Gasteiger partial charge on any atom is -0.340 e. The smallest absolute Gasteiger partial charge is 0.229 e. The molecule has 6 heteroatoms. The minimum absolute atomic E-state index is 0.259. The Bertz CT molecular complexity index is 1050. The molecule has 0 bridgehead atoms. The molecule has 0 spiro atoms. The largest absolute Gasteiger partial charge is 0.340 e. The van der Waals surface area contributed by atoms with Crippen LogP contribution in [-0.2, 0) is 11.2 Å². The van der Waals surface area contributed by atoms with Gasteiger partial charge in [0.05, 0.1) is 16.8 Å². The Balaban J connectivity index is 1.58. The van der Waals surface area contributed by atoms with Gasteiger partial charge in [-0.05, 0) is 49.2 Å². The lowest BCUT2D eigenvalue weighted by atomic mass is 9.79. The molecule has 1 aromatic carbocycles. The second-order valence-corrected chi connectivity index (χ2v) is 8.55. The van der Waals surface area contributed by atoms with Gasteiger partial charge in [0.15, 0.2) is 0 Å². The van der Waals surface area contributed by atoms with Crippen LogP contribution in [0.5, 0.6) is 0 Å². The Labute approximate surface area is 175 Å². The molecule has 3 heterocycles. The van der Waals surface area contributed by atoms with Gasteiger partial charge < -0.3 is 14.6 Å². The summed E-state index contributed by atoms with van der Waals surface area (Å²) in [5.41, 5.74) is 3.26. The second-order valence-electron chi connectivity index (χ2n) is 8.55. The van der Waals surface area contributed by atoms with Gasteiger partial charge in [0.2, 0.25) is 5.91 Å². The Morgan fingerprint density at radius 1 is 1.07 bits per heavy atom. The number of hydrogen-bond donors (Lipinski definition) is 1. The summed E-state index contributed by atoms with van der Waals surface area (Å²) in [7, 11) is 0. The number of nitrogens with one attached hydrogen (secondary N) is 1. The highest BCUT2D eigenvalue weighted by atomic mass is 19.1. The summed E-state index contributed by atoms with van der Waals surface area (Å²) in [6.45, 7) is 3.27. The number of amides is 1. The van der Waals surface area contributed by atoms with Crippen molar-refractivity contribution in [2.45, 2.75) is 32.1 Å². The average molecular weight is 407 g/mol. The van der Waals surface area contributed by atoms with Crippen molar-refractivity contribution in [3.63, 3.8) is 0 Å². The molecule has 5 rings (SSSR count). The van der Waals surface area contributed by atoms with Crippen LogP contribution in [0.3, 0.4) is 0 Å². The fourth-order valence-electron chi connectivity index (χ4n) is 5.10. The van der Waals surface area contributed by atoms with Gasteiger partial charge in [-0.15, -0.1) is 0 Å². The fourth-order valence-corrected chi connectivity index (χ4v) is 5.10. The van der Waals surface area contributed by atoms with Gasteiger partial charge in [-0.2, -0.15) is 0 Å². The first kappa shape index (κ1) is 19.2. The third-order valence-electron chi connectivity index (χ3n) is 6.67. The van der Waals surface area contributed by atoms with E-state index in [1.54, 1.807) is 12.1 Å². The monoisotopic (exact) mass is 406 g/mol. The molecule has 1 saturated carbocycles. The normalized spacial score (nSPS) is 18.8. The molecule has 0 radical (unpaired) electrons. The molecular formula is C24H27FN4O. The maximum absolute atomic E-state index is 13.7. The molecule has 1 saturated heterocycles. The van der Waals surface area contributed by atoms with Crippen molar-refractivity contribution in [1.82, 2.24) is 19.6 Å². The number of hydrogen-bond acceptors (Lipinski definition) is 3. The zero-order chi connectivity index (χ0) is 20.6. The first-order valence-electron chi connectivity index (χ1n) is 10.9. The molecule has 0 unspecified atom stereocenters. The van der Waals surface area contributed by atoms with Crippen molar-refractivity contribution >= 4 is 11.6 Å². The lowest BCUT2D eigenvalue weighted by Crippen LogP contribution is -2.52. The third-order valence-corrected chi connectivity index (χ3v) is 6.67. The van der Waals surface area contributed by atoms with Crippen molar-refractivity contribution in [3.8, 4) is 11.3 Å². The van der Waals surface area contributed by atoms with E-state index < -0.39 is 0 Å². The minimum atomic E-state index is -0.377. The van der Waals surface area contributed by atoms with Crippen LogP contribution in [0, 0.1) is 11.2 Å². The van der Waals surface area contributed by atoms with Gasteiger partial charge in [0.1, 0.15) is 11.5 Å². The Morgan fingerprint density at radius 2 is 1.80 bits per heavy atom. The van der Waals surface area contributed by atoms with Crippen molar-refractivity contribution in [3.05, 3.63) is 60.2 Å². The lowest BCUT2D eigenvalue weighted by molar-refractivity contribution is -0.142. The zero-order valence-electron chi connectivity index (χ0n) is 17.1. The van der Waals surface area contributed by atoms with E-state index in [0.717, 1.165) is 74.5 Å². The Hall–Kier alpha value is -2.73. The van der Waals surface area contributed by atoms with Crippen LogP contribution in [0.4, 0.5) is 4.39 Å². The van der Waals surface area contributed by atoms with Crippen LogP contribution in [0.15, 0.2) is 48.7 Å². The van der Waals surface area contributed by atoms with Crippen molar-refractivity contribution in [2.24, 2.45) is 5.41 Å². The number of carbonyl (C=O) groups excluding carboxylic acids is 1. The summed E-state index contributed by atoms with van der Waals surface area (Å²) < 4.78 is 15.6. The van der Waals surface area contributed by atoms with Crippen LogP contribution in [0.2, 0.25) is 0 Å². The average Bonchev–Trinajstić information content (AvgIpc) is 3.41. The zero-order valence-corrected chi connectivity index (χ0v) is 17.1. The third kappa shape index (κ3) is 3.39. The molecule has 1 N–H and O–H groups in total. The number of fused-ring (bicyclic) bond motifs is 1. The number of rotatable bonds is 4. The maximum Gasteiger partial charge on any atom is 0.229 e. The van der Waals surface area contributed by atoms with Crippen LogP contribution in [-0.4, -0.2) is 46.4 Å². The van der Waals surface area contributed by atoms with Gasteiger partial charge >= 0.3 is 0 Å². The SMILES string of the molecule is O=C(N1CCNCC1)C1(Cc2c(-c3ccc(F)cc3)nc3ccccn23)CCCC1. The molecule has 2 fully saturated rings. The van der Waals surface area contributed by atoms with E-state index in [1.807, 2.05) is 29.3 Å². The van der Waals surface area contributed by atoms with Crippen LogP contribution in [0.25, 0.3) is 16.9 Å². The van der Waals surface area contributed by atoms with Crippen molar-refractivity contribution in [2.75, 3.05) is 26.2 Å². The standard InChI is InChI=1S/C24H27FN4O/c25-19-8-6-18(7-9-19)22-20(29-14-4-1-5-21(29)27-22)17-24(10-2-3-11-24)23(30)28-15-12-26-13-16-28/h1,4-9,14,26H,2-3,10-13,15-17H2. The van der Waals surface area contributed by atoms with Crippen LogP contribution >= 0.6 is 0 Å². The molecule has 156 valence electrons. The lowest BCUT2D eigenvalue weighted by Gasteiger charge is -2.36. The van der Waals surface area contributed by atoms with E-state index in [0.29, 0.717) is 6.42 Å². The maximum atomic E-state index is 13.7. The number of benzene rings is 1. The predicted molar refractivity (Wildman–Crippen MR) is 115 cm³/mol.